The number of carbonyl (C=O) groups is 1. The van der Waals surface area contributed by atoms with Crippen molar-refractivity contribution in [3.63, 3.8) is 0 Å². The first kappa shape index (κ1) is 12.7. The first-order valence-electron chi connectivity index (χ1n) is 5.45. The highest BCUT2D eigenvalue weighted by Crippen LogP contribution is 2.13. The minimum Gasteiger partial charge on any atom is -0.348 e. The molecule has 6 nitrogen and oxygen atoms in total. The van der Waals surface area contributed by atoms with Gasteiger partial charge in [0, 0.05) is 14.1 Å². The molecular weight excluding hydrogens is 252 g/mol. The topological polar surface area (TPSA) is 78.1 Å². The van der Waals surface area contributed by atoms with Gasteiger partial charge in [-0.1, -0.05) is 0 Å². The SMILES string of the molecule is CN(C)C(=O)CNCc1nc2ccsc2c(=O)[nH]1. The fraction of sp³-hybridized carbons (Fsp3) is 0.364. The van der Waals surface area contributed by atoms with Gasteiger partial charge in [0.25, 0.3) is 5.56 Å². The third-order valence-electron chi connectivity index (χ3n) is 2.43. The van der Waals surface area contributed by atoms with Crippen LogP contribution in [-0.4, -0.2) is 41.4 Å². The number of H-pyrrole nitrogens is 1. The highest BCUT2D eigenvalue weighted by Gasteiger charge is 2.06. The molecule has 1 amide bonds. The fourth-order valence-electron chi connectivity index (χ4n) is 1.45. The molecule has 7 heteroatoms. The van der Waals surface area contributed by atoms with Gasteiger partial charge in [0.1, 0.15) is 10.5 Å². The molecule has 2 aromatic rings. The zero-order valence-electron chi connectivity index (χ0n) is 10.2. The fourth-order valence-corrected chi connectivity index (χ4v) is 2.18. The van der Waals surface area contributed by atoms with Crippen LogP contribution in [0.15, 0.2) is 16.2 Å². The number of likely N-dealkylation sites (N-methyl/N-ethyl adjacent to an activating group) is 1. The molecule has 0 radical (unpaired) electrons. The largest absolute Gasteiger partial charge is 0.348 e. The van der Waals surface area contributed by atoms with E-state index in [1.54, 1.807) is 14.1 Å². The van der Waals surface area contributed by atoms with Gasteiger partial charge < -0.3 is 15.2 Å². The van der Waals surface area contributed by atoms with Crippen molar-refractivity contribution in [2.45, 2.75) is 6.54 Å². The molecule has 0 saturated heterocycles. The van der Waals surface area contributed by atoms with Crippen molar-refractivity contribution in [2.75, 3.05) is 20.6 Å². The van der Waals surface area contributed by atoms with Gasteiger partial charge in [-0.25, -0.2) is 4.98 Å². The maximum absolute atomic E-state index is 11.7. The summed E-state index contributed by atoms with van der Waals surface area (Å²) in [7, 11) is 3.39. The van der Waals surface area contributed by atoms with Gasteiger partial charge in [0.05, 0.1) is 18.6 Å². The molecule has 0 bridgehead atoms. The Bertz CT molecular complexity index is 617. The maximum Gasteiger partial charge on any atom is 0.268 e. The van der Waals surface area contributed by atoms with E-state index in [4.69, 9.17) is 0 Å². The van der Waals surface area contributed by atoms with E-state index in [0.29, 0.717) is 22.6 Å². The second-order valence-electron chi connectivity index (χ2n) is 4.04. The Kier molecular flexibility index (Phi) is 3.73. The molecule has 0 spiro atoms. The van der Waals surface area contributed by atoms with Crippen LogP contribution >= 0.6 is 11.3 Å². The normalized spacial score (nSPS) is 10.8. The zero-order chi connectivity index (χ0) is 13.1. The van der Waals surface area contributed by atoms with E-state index in [1.165, 1.54) is 16.2 Å². The number of carbonyl (C=O) groups excluding carboxylic acids is 1. The quantitative estimate of drug-likeness (QED) is 0.826. The lowest BCUT2D eigenvalue weighted by atomic mass is 10.4. The number of nitrogens with one attached hydrogen (secondary N) is 2. The van der Waals surface area contributed by atoms with Crippen LogP contribution < -0.4 is 10.9 Å². The molecule has 96 valence electrons. The summed E-state index contributed by atoms with van der Waals surface area (Å²) in [6.45, 7) is 0.582. The number of amides is 1. The van der Waals surface area contributed by atoms with E-state index >= 15 is 0 Å². The smallest absolute Gasteiger partial charge is 0.268 e. The van der Waals surface area contributed by atoms with E-state index in [9.17, 15) is 9.59 Å². The Hall–Kier alpha value is -1.73. The Balaban J connectivity index is 2.04. The first-order valence-corrected chi connectivity index (χ1v) is 6.33. The molecular formula is C11H14N4O2S. The molecule has 0 unspecified atom stereocenters. The van der Waals surface area contributed by atoms with Gasteiger partial charge in [-0.15, -0.1) is 11.3 Å². The predicted molar refractivity (Wildman–Crippen MR) is 70.6 cm³/mol. The average Bonchev–Trinajstić information content (AvgIpc) is 2.77. The third-order valence-corrected chi connectivity index (χ3v) is 3.33. The zero-order valence-corrected chi connectivity index (χ0v) is 11.0. The first-order chi connectivity index (χ1) is 8.58. The van der Waals surface area contributed by atoms with E-state index in [-0.39, 0.29) is 18.0 Å². The summed E-state index contributed by atoms with van der Waals surface area (Å²) in [5.74, 6) is 0.520. The molecule has 0 fully saturated rings. The van der Waals surface area contributed by atoms with Crippen molar-refractivity contribution in [3.05, 3.63) is 27.6 Å². The minimum absolute atomic E-state index is 0.0195. The molecule has 0 saturated carbocycles. The summed E-state index contributed by atoms with van der Waals surface area (Å²) in [4.78, 5) is 31.5. The molecule has 0 aromatic carbocycles. The van der Waals surface area contributed by atoms with Crippen LogP contribution in [0.25, 0.3) is 10.2 Å². The van der Waals surface area contributed by atoms with Gasteiger partial charge in [0.15, 0.2) is 0 Å². The average molecular weight is 266 g/mol. The third kappa shape index (κ3) is 2.74. The summed E-state index contributed by atoms with van der Waals surface area (Å²) in [5, 5.41) is 4.78. The van der Waals surface area contributed by atoms with E-state index in [2.05, 4.69) is 15.3 Å². The molecule has 0 aliphatic carbocycles. The van der Waals surface area contributed by atoms with Crippen molar-refractivity contribution in [1.82, 2.24) is 20.2 Å². The van der Waals surface area contributed by atoms with Gasteiger partial charge in [-0.3, -0.25) is 9.59 Å². The van der Waals surface area contributed by atoms with Crippen LogP contribution in [0.4, 0.5) is 0 Å². The second kappa shape index (κ2) is 5.28. The van der Waals surface area contributed by atoms with Crippen molar-refractivity contribution < 1.29 is 4.79 Å². The summed E-state index contributed by atoms with van der Waals surface area (Å²) in [6.07, 6.45) is 0. The van der Waals surface area contributed by atoms with Crippen molar-refractivity contribution in [3.8, 4) is 0 Å². The van der Waals surface area contributed by atoms with Crippen LogP contribution in [0.3, 0.4) is 0 Å². The molecule has 0 aliphatic rings. The summed E-state index contributed by atoms with van der Waals surface area (Å²) < 4.78 is 0.628. The number of fused-ring (bicyclic) bond motifs is 1. The van der Waals surface area contributed by atoms with Gasteiger partial charge in [0.2, 0.25) is 5.91 Å². The molecule has 2 heterocycles. The highest BCUT2D eigenvalue weighted by molar-refractivity contribution is 7.17. The Morgan fingerprint density at radius 2 is 2.33 bits per heavy atom. The highest BCUT2D eigenvalue weighted by atomic mass is 32.1. The number of rotatable bonds is 4. The van der Waals surface area contributed by atoms with Crippen LogP contribution in [0.1, 0.15) is 5.82 Å². The Labute approximate surface area is 108 Å². The Morgan fingerprint density at radius 1 is 1.56 bits per heavy atom. The van der Waals surface area contributed by atoms with Crippen molar-refractivity contribution >= 4 is 27.5 Å². The molecule has 2 aromatic heterocycles. The van der Waals surface area contributed by atoms with E-state index in [0.717, 1.165) is 0 Å². The van der Waals surface area contributed by atoms with Gasteiger partial charge in [-0.2, -0.15) is 0 Å². The summed E-state index contributed by atoms with van der Waals surface area (Å²) in [5.41, 5.74) is 0.560. The molecule has 2 rings (SSSR count). The lowest BCUT2D eigenvalue weighted by Gasteiger charge is -2.10. The molecule has 0 aliphatic heterocycles. The van der Waals surface area contributed by atoms with E-state index in [1.807, 2.05) is 11.4 Å². The lowest BCUT2D eigenvalue weighted by molar-refractivity contribution is -0.127. The molecule has 18 heavy (non-hydrogen) atoms. The van der Waals surface area contributed by atoms with Crippen molar-refractivity contribution in [1.29, 1.82) is 0 Å². The number of hydrogen-bond acceptors (Lipinski definition) is 5. The monoisotopic (exact) mass is 266 g/mol. The van der Waals surface area contributed by atoms with Gasteiger partial charge in [-0.05, 0) is 11.4 Å². The number of aromatic amines is 1. The Morgan fingerprint density at radius 3 is 3.06 bits per heavy atom. The summed E-state index contributed by atoms with van der Waals surface area (Å²) in [6, 6.07) is 1.81. The number of aromatic nitrogens is 2. The molecule has 2 N–H and O–H groups in total. The van der Waals surface area contributed by atoms with Crippen LogP contribution in [0, 0.1) is 0 Å². The number of nitrogens with zero attached hydrogens (tertiary/aromatic N) is 2. The number of thiophene rings is 1. The van der Waals surface area contributed by atoms with E-state index < -0.39 is 0 Å². The predicted octanol–water partition coefficient (Wildman–Crippen LogP) is 0.162. The van der Waals surface area contributed by atoms with Crippen LogP contribution in [-0.2, 0) is 11.3 Å². The minimum atomic E-state index is -0.134. The summed E-state index contributed by atoms with van der Waals surface area (Å²) >= 11 is 1.37. The second-order valence-corrected chi connectivity index (χ2v) is 4.96. The van der Waals surface area contributed by atoms with Gasteiger partial charge >= 0.3 is 0 Å². The standard InChI is InChI=1S/C11H14N4O2S/c1-15(2)9(16)6-12-5-8-13-7-3-4-18-10(7)11(17)14-8/h3-4,12H,5-6H2,1-2H3,(H,13,14,17). The lowest BCUT2D eigenvalue weighted by Crippen LogP contribution is -2.33. The van der Waals surface area contributed by atoms with Crippen LogP contribution in [0.2, 0.25) is 0 Å². The van der Waals surface area contributed by atoms with Crippen LogP contribution in [0.5, 0.6) is 0 Å². The van der Waals surface area contributed by atoms with Crippen molar-refractivity contribution in [2.24, 2.45) is 0 Å². The number of hydrogen-bond donors (Lipinski definition) is 2. The molecule has 0 atom stereocenters. The maximum atomic E-state index is 11.7.